The number of halogens is 1. The number of para-hydroxylation sites is 1. The quantitative estimate of drug-likeness (QED) is 0.252. The van der Waals surface area contributed by atoms with Crippen LogP contribution < -0.4 is 0 Å². The van der Waals surface area contributed by atoms with Crippen LogP contribution in [0, 0.1) is 5.92 Å². The highest BCUT2D eigenvalue weighted by molar-refractivity contribution is 7.90. The Balaban J connectivity index is 1.48. The van der Waals surface area contributed by atoms with Crippen LogP contribution in [0.3, 0.4) is 0 Å². The fourth-order valence-corrected chi connectivity index (χ4v) is 6.61. The lowest BCUT2D eigenvalue weighted by atomic mass is 9.97. The van der Waals surface area contributed by atoms with Gasteiger partial charge in [0.1, 0.15) is 0 Å². The summed E-state index contributed by atoms with van der Waals surface area (Å²) in [6, 6.07) is 19.7. The molecule has 0 bridgehead atoms. The Morgan fingerprint density at radius 3 is 2.45 bits per heavy atom. The van der Waals surface area contributed by atoms with Gasteiger partial charge in [-0.15, -0.1) is 11.3 Å². The van der Waals surface area contributed by atoms with Gasteiger partial charge < -0.3 is 9.64 Å². The maximum absolute atomic E-state index is 13.5. The lowest BCUT2D eigenvalue weighted by Crippen LogP contribution is -2.40. The van der Waals surface area contributed by atoms with Crippen molar-refractivity contribution in [3.05, 3.63) is 77.4 Å². The first-order valence-corrected chi connectivity index (χ1v) is 16.0. The normalized spacial score (nSPS) is 14.3. The molecule has 0 N–H and O–H groups in total. The molecule has 2 aromatic heterocycles. The molecule has 11 heteroatoms. The summed E-state index contributed by atoms with van der Waals surface area (Å²) in [5.74, 6) is -0.631. The van der Waals surface area contributed by atoms with Gasteiger partial charge >= 0.3 is 5.97 Å². The number of thiophene rings is 1. The molecule has 1 fully saturated rings. The second kappa shape index (κ2) is 11.6. The molecule has 0 radical (unpaired) electrons. The van der Waals surface area contributed by atoms with E-state index in [-0.39, 0.29) is 28.4 Å². The molecule has 3 heterocycles. The number of aromatic nitrogens is 2. The fraction of sp³-hybridized carbons (Fsp3) is 0.276. The van der Waals surface area contributed by atoms with E-state index in [1.807, 2.05) is 36.4 Å². The number of rotatable bonds is 7. The highest BCUT2D eigenvalue weighted by Gasteiger charge is 2.30. The van der Waals surface area contributed by atoms with E-state index >= 15 is 0 Å². The minimum Gasteiger partial charge on any atom is -0.466 e. The zero-order valence-electron chi connectivity index (χ0n) is 22.0. The third-order valence-electron chi connectivity index (χ3n) is 6.82. The lowest BCUT2D eigenvalue weighted by Gasteiger charge is -2.30. The van der Waals surface area contributed by atoms with Gasteiger partial charge in [-0.1, -0.05) is 35.9 Å². The largest absolute Gasteiger partial charge is 0.466 e. The number of ether oxygens (including phenoxy) is 1. The number of esters is 1. The number of sulfone groups is 1. The molecule has 2 aromatic carbocycles. The average molecular weight is 598 g/mol. The van der Waals surface area contributed by atoms with Crippen LogP contribution in [-0.4, -0.2) is 60.9 Å². The predicted octanol–water partition coefficient (Wildman–Crippen LogP) is 5.74. The topological polar surface area (TPSA) is 98.6 Å². The molecule has 1 amide bonds. The van der Waals surface area contributed by atoms with Gasteiger partial charge in [-0.3, -0.25) is 9.59 Å². The zero-order valence-corrected chi connectivity index (χ0v) is 24.4. The van der Waals surface area contributed by atoms with Crippen LogP contribution in [0.2, 0.25) is 5.02 Å². The summed E-state index contributed by atoms with van der Waals surface area (Å²) in [5, 5.41) is 5.17. The summed E-state index contributed by atoms with van der Waals surface area (Å²) in [6.45, 7) is 3.01. The Kier molecular flexibility index (Phi) is 8.11. The number of hydrogen-bond donors (Lipinski definition) is 0. The molecular weight excluding hydrogens is 570 g/mol. The van der Waals surface area contributed by atoms with Crippen LogP contribution in [0.25, 0.3) is 26.7 Å². The van der Waals surface area contributed by atoms with E-state index in [2.05, 4.69) is 5.10 Å². The maximum Gasteiger partial charge on any atom is 0.309 e. The molecule has 1 aliphatic heterocycles. The van der Waals surface area contributed by atoms with Gasteiger partial charge in [0.15, 0.2) is 15.5 Å². The summed E-state index contributed by atoms with van der Waals surface area (Å²) in [7, 11) is -3.35. The first-order chi connectivity index (χ1) is 19.2. The highest BCUT2D eigenvalue weighted by atomic mass is 35.5. The fourth-order valence-electron chi connectivity index (χ4n) is 4.72. The number of piperidine rings is 1. The molecule has 0 aliphatic carbocycles. The van der Waals surface area contributed by atoms with Gasteiger partial charge in [0.2, 0.25) is 0 Å². The van der Waals surface area contributed by atoms with Crippen molar-refractivity contribution in [1.29, 1.82) is 0 Å². The van der Waals surface area contributed by atoms with E-state index < -0.39 is 9.84 Å². The highest BCUT2D eigenvalue weighted by Crippen LogP contribution is 2.37. The van der Waals surface area contributed by atoms with E-state index in [0.717, 1.165) is 15.3 Å². The predicted molar refractivity (Wildman–Crippen MR) is 156 cm³/mol. The Morgan fingerprint density at radius 1 is 1.02 bits per heavy atom. The van der Waals surface area contributed by atoms with Gasteiger partial charge in [0, 0.05) is 24.2 Å². The van der Waals surface area contributed by atoms with E-state index in [4.69, 9.17) is 16.3 Å². The van der Waals surface area contributed by atoms with Crippen LogP contribution in [0.4, 0.5) is 0 Å². The van der Waals surface area contributed by atoms with Crippen LogP contribution in [0.15, 0.2) is 71.6 Å². The number of benzene rings is 2. The van der Waals surface area contributed by atoms with E-state index in [9.17, 15) is 18.0 Å². The van der Waals surface area contributed by atoms with E-state index in [1.165, 1.54) is 17.6 Å². The third kappa shape index (κ3) is 5.84. The number of nitrogens with zero attached hydrogens (tertiary/aromatic N) is 3. The third-order valence-corrected chi connectivity index (χ3v) is 9.40. The van der Waals surface area contributed by atoms with Gasteiger partial charge in [0.25, 0.3) is 5.91 Å². The van der Waals surface area contributed by atoms with E-state index in [0.29, 0.717) is 48.9 Å². The van der Waals surface area contributed by atoms with Crippen molar-refractivity contribution in [3.63, 3.8) is 0 Å². The first kappa shape index (κ1) is 28.1. The van der Waals surface area contributed by atoms with Gasteiger partial charge in [-0.05, 0) is 67.8 Å². The lowest BCUT2D eigenvalue weighted by molar-refractivity contribution is -0.149. The van der Waals surface area contributed by atoms with Crippen LogP contribution >= 0.6 is 22.9 Å². The molecule has 1 saturated heterocycles. The van der Waals surface area contributed by atoms with Crippen molar-refractivity contribution < 1.29 is 22.7 Å². The number of amides is 1. The summed E-state index contributed by atoms with van der Waals surface area (Å²) >= 11 is 8.00. The van der Waals surface area contributed by atoms with Crippen LogP contribution in [0.1, 0.15) is 30.3 Å². The minimum atomic E-state index is -3.35. The Labute approximate surface area is 242 Å². The number of carbonyl (C=O) groups is 2. The van der Waals surface area contributed by atoms with Crippen molar-refractivity contribution in [2.75, 3.05) is 26.0 Å². The van der Waals surface area contributed by atoms with Gasteiger partial charge in [0.05, 0.1) is 38.7 Å². The summed E-state index contributed by atoms with van der Waals surface area (Å²) in [5.41, 5.74) is 2.38. The number of likely N-dealkylation sites (tertiary alicyclic amines) is 1. The number of carbonyl (C=O) groups excluding carboxylic acids is 2. The maximum atomic E-state index is 13.5. The molecular formula is C29H28ClN3O5S2. The Bertz CT molecular complexity index is 1670. The second-order valence-electron chi connectivity index (χ2n) is 9.56. The smallest absolute Gasteiger partial charge is 0.309 e. The summed E-state index contributed by atoms with van der Waals surface area (Å²) in [4.78, 5) is 29.3. The first-order valence-electron chi connectivity index (χ1n) is 12.9. The molecule has 0 saturated carbocycles. The molecule has 0 atom stereocenters. The van der Waals surface area contributed by atoms with Crippen molar-refractivity contribution in [2.45, 2.75) is 24.7 Å². The van der Waals surface area contributed by atoms with E-state index in [1.54, 1.807) is 46.8 Å². The van der Waals surface area contributed by atoms with Crippen LogP contribution in [0.5, 0.6) is 0 Å². The molecule has 208 valence electrons. The van der Waals surface area contributed by atoms with Gasteiger partial charge in [-0.25, -0.2) is 13.1 Å². The molecule has 5 rings (SSSR count). The molecule has 40 heavy (non-hydrogen) atoms. The van der Waals surface area contributed by atoms with Gasteiger partial charge in [-0.2, -0.15) is 5.10 Å². The molecule has 4 aromatic rings. The molecule has 8 nitrogen and oxygen atoms in total. The zero-order chi connectivity index (χ0) is 28.4. The molecule has 1 aliphatic rings. The number of hydrogen-bond acceptors (Lipinski definition) is 7. The van der Waals surface area contributed by atoms with Crippen molar-refractivity contribution in [3.8, 4) is 26.7 Å². The second-order valence-corrected chi connectivity index (χ2v) is 13.1. The van der Waals surface area contributed by atoms with Crippen molar-refractivity contribution in [1.82, 2.24) is 14.7 Å². The Morgan fingerprint density at radius 2 is 1.75 bits per heavy atom. The average Bonchev–Trinajstić information content (AvgIpc) is 3.61. The molecule has 0 spiro atoms. The van der Waals surface area contributed by atoms with Crippen LogP contribution in [-0.2, 0) is 19.4 Å². The van der Waals surface area contributed by atoms with Crippen molar-refractivity contribution >= 4 is 44.7 Å². The Hall–Kier alpha value is -3.47. The summed E-state index contributed by atoms with van der Waals surface area (Å²) < 4.78 is 31.0. The van der Waals surface area contributed by atoms with Crippen molar-refractivity contribution in [2.24, 2.45) is 5.92 Å². The molecule has 0 unspecified atom stereocenters. The summed E-state index contributed by atoms with van der Waals surface area (Å²) in [6.07, 6.45) is 2.28. The minimum absolute atomic E-state index is 0.203. The monoisotopic (exact) mass is 597 g/mol. The SMILES string of the molecule is CCOC(=O)C1CCN(C(=O)c2cc(-c3ccc(-c4cccc(S(C)(=O)=O)c4)s3)n(-c3ccccc3Cl)n2)CC1. The standard InChI is InChI=1S/C29H28ClN3O5S2/c1-3-38-29(35)19-13-15-32(16-14-19)28(34)23-18-25(33(31-23)24-10-5-4-9-22(24)30)27-12-11-26(39-27)20-7-6-8-21(17-20)40(2,36)37/h4-12,17-19H,3,13-16H2,1-2H3.